The van der Waals surface area contributed by atoms with Crippen LogP contribution < -0.4 is 10.9 Å². The van der Waals surface area contributed by atoms with Crippen molar-refractivity contribution < 1.29 is 19.1 Å². The Bertz CT molecular complexity index is 1440. The second kappa shape index (κ2) is 13.1. The third kappa shape index (κ3) is 7.51. The molecule has 41 heavy (non-hydrogen) atoms. The van der Waals surface area contributed by atoms with Gasteiger partial charge in [-0.3, -0.25) is 19.3 Å². The normalized spacial score (nSPS) is 15.5. The Hall–Kier alpha value is -3.30. The van der Waals surface area contributed by atoms with E-state index in [1.165, 1.54) is 15.9 Å². The van der Waals surface area contributed by atoms with Gasteiger partial charge in [-0.1, -0.05) is 32.0 Å². The van der Waals surface area contributed by atoms with Crippen molar-refractivity contribution in [1.29, 1.82) is 0 Å². The molecule has 2 aromatic heterocycles. The van der Waals surface area contributed by atoms with Gasteiger partial charge in [-0.2, -0.15) is 0 Å². The third-order valence-corrected chi connectivity index (χ3v) is 8.75. The maximum absolute atomic E-state index is 13.8. The first-order valence-corrected chi connectivity index (χ1v) is 15.1. The summed E-state index contributed by atoms with van der Waals surface area (Å²) < 4.78 is 14.8. The number of nitrogens with one attached hydrogen (secondary N) is 1. The molecule has 0 spiro atoms. The number of carbonyl (C=O) groups is 2. The van der Waals surface area contributed by atoms with Crippen molar-refractivity contribution in [2.24, 2.45) is 5.92 Å². The second-order valence-corrected chi connectivity index (χ2v) is 12.6. The highest BCUT2D eigenvalue weighted by Crippen LogP contribution is 2.35. The van der Waals surface area contributed by atoms with Crippen LogP contribution in [0.3, 0.4) is 0 Å². The van der Waals surface area contributed by atoms with Gasteiger partial charge < -0.3 is 15.0 Å². The van der Waals surface area contributed by atoms with E-state index < -0.39 is 24.2 Å². The summed E-state index contributed by atoms with van der Waals surface area (Å²) in [6.45, 7) is 11.5. The number of hydrogen-bond acceptors (Lipinski definition) is 5. The highest BCUT2D eigenvalue weighted by Gasteiger charge is 2.29. The standard InChI is InChI=1S/C32H40FN3O4S/c1-19(2)11-27(36-15-23(22(5)12-29(36)37)9-10-35-16-25(33)17-35)32(40)34-26(14-30(38)39)24-13-28(41-18-24)31-20(3)7-6-8-21(31)4/h6-8,12-13,15,18-19,25-27H,9-11,14,16-17H2,1-5H3,(H,34,40)(H,38,39). The quantitative estimate of drug-likeness (QED) is 0.290. The molecule has 1 aliphatic heterocycles. The fourth-order valence-corrected chi connectivity index (χ4v) is 6.65. The molecule has 1 aliphatic rings. The Morgan fingerprint density at radius 3 is 2.41 bits per heavy atom. The van der Waals surface area contributed by atoms with Crippen LogP contribution in [0.15, 0.2) is 46.7 Å². The van der Waals surface area contributed by atoms with Crippen molar-refractivity contribution in [3.05, 3.63) is 80.1 Å². The van der Waals surface area contributed by atoms with Crippen LogP contribution in [0.25, 0.3) is 10.4 Å². The van der Waals surface area contributed by atoms with Gasteiger partial charge in [-0.05, 0) is 84.4 Å². The molecule has 0 bridgehead atoms. The number of amides is 1. The van der Waals surface area contributed by atoms with Crippen molar-refractivity contribution in [2.45, 2.75) is 72.1 Å². The van der Waals surface area contributed by atoms with Crippen LogP contribution in [-0.4, -0.2) is 52.3 Å². The number of nitrogens with zero attached hydrogens (tertiary/aromatic N) is 2. The molecule has 0 aliphatic carbocycles. The number of aromatic nitrogens is 1. The molecule has 9 heteroatoms. The number of carboxylic acid groups (broad SMARTS) is 1. The van der Waals surface area contributed by atoms with E-state index in [-0.39, 0.29) is 23.8 Å². The number of likely N-dealkylation sites (tertiary alicyclic amines) is 1. The molecule has 2 atom stereocenters. The molecule has 7 nitrogen and oxygen atoms in total. The molecule has 1 fully saturated rings. The van der Waals surface area contributed by atoms with Gasteiger partial charge in [0.15, 0.2) is 0 Å². The highest BCUT2D eigenvalue weighted by molar-refractivity contribution is 7.13. The van der Waals surface area contributed by atoms with E-state index in [9.17, 15) is 23.9 Å². The predicted molar refractivity (Wildman–Crippen MR) is 161 cm³/mol. The Morgan fingerprint density at radius 1 is 1.12 bits per heavy atom. The summed E-state index contributed by atoms with van der Waals surface area (Å²) in [6.07, 6.45) is 1.77. The number of alkyl halides is 1. The average Bonchev–Trinajstić information content (AvgIpc) is 3.34. The van der Waals surface area contributed by atoms with Crippen molar-refractivity contribution in [3.8, 4) is 10.4 Å². The number of benzene rings is 1. The number of carbonyl (C=O) groups excluding carboxylic acids is 1. The van der Waals surface area contributed by atoms with E-state index in [4.69, 9.17) is 0 Å². The van der Waals surface area contributed by atoms with Crippen molar-refractivity contribution in [2.75, 3.05) is 19.6 Å². The molecule has 0 saturated carbocycles. The Kier molecular flexibility index (Phi) is 9.81. The summed E-state index contributed by atoms with van der Waals surface area (Å²) in [5, 5.41) is 14.6. The molecule has 2 unspecified atom stereocenters. The minimum absolute atomic E-state index is 0.111. The summed E-state index contributed by atoms with van der Waals surface area (Å²) in [7, 11) is 0. The number of pyridine rings is 1. The fourth-order valence-electron chi connectivity index (χ4n) is 5.52. The summed E-state index contributed by atoms with van der Waals surface area (Å²) in [5.74, 6) is -1.30. The molecule has 4 rings (SSSR count). The summed E-state index contributed by atoms with van der Waals surface area (Å²) in [5.41, 5.74) is 5.59. The zero-order chi connectivity index (χ0) is 29.8. The highest BCUT2D eigenvalue weighted by atomic mass is 32.1. The van der Waals surface area contributed by atoms with Crippen molar-refractivity contribution >= 4 is 23.2 Å². The van der Waals surface area contributed by atoms with E-state index in [1.807, 2.05) is 69.2 Å². The minimum Gasteiger partial charge on any atom is -0.481 e. The zero-order valence-electron chi connectivity index (χ0n) is 24.4. The molecule has 0 radical (unpaired) electrons. The largest absolute Gasteiger partial charge is 0.481 e. The second-order valence-electron chi connectivity index (χ2n) is 11.6. The minimum atomic E-state index is -1.02. The van der Waals surface area contributed by atoms with E-state index in [0.717, 1.165) is 38.3 Å². The third-order valence-electron chi connectivity index (χ3n) is 7.78. The number of hydrogen-bond donors (Lipinski definition) is 2. The van der Waals surface area contributed by atoms with E-state index in [2.05, 4.69) is 5.32 Å². The first kappa shape index (κ1) is 30.7. The topological polar surface area (TPSA) is 91.6 Å². The molecular formula is C32H40FN3O4S. The van der Waals surface area contributed by atoms with Gasteiger partial charge in [-0.15, -0.1) is 11.3 Å². The molecule has 220 valence electrons. The van der Waals surface area contributed by atoms with Crippen LogP contribution in [0.4, 0.5) is 4.39 Å². The maximum atomic E-state index is 13.8. The maximum Gasteiger partial charge on any atom is 0.305 e. The first-order chi connectivity index (χ1) is 19.4. The van der Waals surface area contributed by atoms with E-state index in [1.54, 1.807) is 12.3 Å². The van der Waals surface area contributed by atoms with Crippen LogP contribution in [0.1, 0.15) is 66.6 Å². The lowest BCUT2D eigenvalue weighted by molar-refractivity contribution is -0.138. The van der Waals surface area contributed by atoms with Gasteiger partial charge >= 0.3 is 5.97 Å². The molecule has 3 aromatic rings. The van der Waals surface area contributed by atoms with E-state index >= 15 is 0 Å². The van der Waals surface area contributed by atoms with Crippen LogP contribution >= 0.6 is 11.3 Å². The summed E-state index contributed by atoms with van der Waals surface area (Å²) in [6, 6.07) is 8.06. The lowest BCUT2D eigenvalue weighted by Crippen LogP contribution is -2.49. The smallest absolute Gasteiger partial charge is 0.305 e. The zero-order valence-corrected chi connectivity index (χ0v) is 25.3. The van der Waals surface area contributed by atoms with Gasteiger partial charge in [-0.25, -0.2) is 4.39 Å². The Labute approximate surface area is 245 Å². The first-order valence-electron chi connectivity index (χ1n) is 14.2. The lowest BCUT2D eigenvalue weighted by atomic mass is 9.98. The van der Waals surface area contributed by atoms with Gasteiger partial charge in [0.2, 0.25) is 5.91 Å². The molecule has 2 N–H and O–H groups in total. The van der Waals surface area contributed by atoms with Gasteiger partial charge in [0.25, 0.3) is 5.56 Å². The molecule has 1 amide bonds. The number of rotatable bonds is 12. The molecule has 1 saturated heterocycles. The summed E-state index contributed by atoms with van der Waals surface area (Å²) in [4.78, 5) is 41.9. The summed E-state index contributed by atoms with van der Waals surface area (Å²) >= 11 is 1.52. The number of aryl methyl sites for hydroxylation is 3. The van der Waals surface area contributed by atoms with Crippen molar-refractivity contribution in [3.63, 3.8) is 0 Å². The van der Waals surface area contributed by atoms with Gasteiger partial charge in [0.1, 0.15) is 12.2 Å². The van der Waals surface area contributed by atoms with Crippen LogP contribution in [0.2, 0.25) is 0 Å². The van der Waals surface area contributed by atoms with Crippen LogP contribution in [0.5, 0.6) is 0 Å². The number of thiophene rings is 1. The fraction of sp³-hybridized carbons (Fsp3) is 0.469. The van der Waals surface area contributed by atoms with Crippen LogP contribution in [-0.2, 0) is 16.0 Å². The molecule has 1 aromatic carbocycles. The Morgan fingerprint density at radius 2 is 1.80 bits per heavy atom. The number of carboxylic acids is 1. The SMILES string of the molecule is Cc1cc(=O)n(C(CC(C)C)C(=O)NC(CC(=O)O)c2csc(-c3c(C)cccc3C)c2)cc1CCN1CC(F)C1. The lowest BCUT2D eigenvalue weighted by Gasteiger charge is -2.34. The predicted octanol–water partition coefficient (Wildman–Crippen LogP) is 5.62. The average molecular weight is 582 g/mol. The number of halogens is 1. The van der Waals surface area contributed by atoms with Crippen LogP contribution in [0, 0.1) is 26.7 Å². The molecular weight excluding hydrogens is 541 g/mol. The monoisotopic (exact) mass is 581 g/mol. The molecule has 3 heterocycles. The van der Waals surface area contributed by atoms with Gasteiger partial charge in [0.05, 0.1) is 12.5 Å². The van der Waals surface area contributed by atoms with E-state index in [0.29, 0.717) is 32.5 Å². The number of aliphatic carboxylic acids is 1. The van der Waals surface area contributed by atoms with Gasteiger partial charge in [0, 0.05) is 36.8 Å². The van der Waals surface area contributed by atoms with Crippen molar-refractivity contribution in [1.82, 2.24) is 14.8 Å². The Balaban J connectivity index is 1.61.